The van der Waals surface area contributed by atoms with Crippen molar-refractivity contribution in [3.8, 4) is 0 Å². The lowest BCUT2D eigenvalue weighted by Gasteiger charge is -2.16. The van der Waals surface area contributed by atoms with Gasteiger partial charge in [0.15, 0.2) is 0 Å². The van der Waals surface area contributed by atoms with Gasteiger partial charge in [-0.25, -0.2) is 21.7 Å². The van der Waals surface area contributed by atoms with Gasteiger partial charge in [-0.3, -0.25) is 4.79 Å². The fourth-order valence-electron chi connectivity index (χ4n) is 3.32. The summed E-state index contributed by atoms with van der Waals surface area (Å²) >= 11 is 0. The van der Waals surface area contributed by atoms with Crippen molar-refractivity contribution >= 4 is 5.97 Å². The molecule has 0 radical (unpaired) electrons. The molecule has 0 aliphatic carbocycles. The van der Waals surface area contributed by atoms with Crippen molar-refractivity contribution in [1.29, 1.82) is 0 Å². The van der Waals surface area contributed by atoms with Crippen molar-refractivity contribution in [2.24, 2.45) is 0 Å². The number of hydrogen-bond acceptors (Lipinski definition) is 6. The van der Waals surface area contributed by atoms with Crippen LogP contribution in [0.5, 0.6) is 0 Å². The second-order valence-electron chi connectivity index (χ2n) is 7.54. The van der Waals surface area contributed by atoms with E-state index < -0.39 is 29.6 Å². The lowest BCUT2D eigenvalue weighted by molar-refractivity contribution is -0.166. The van der Waals surface area contributed by atoms with E-state index in [-0.39, 0.29) is 24.2 Å². The normalized spacial score (nSPS) is 18.8. The number of ether oxygens (including phenoxy) is 1. The standard InChI is InChI=1S/C20H18F6N4O2/c21-19(22,23)17(27-28-17)14-5-1-12(2-6-14)9-10-32-16(31)11-13-3-7-15(8-4-13)18(29-30-18)20(24,25)26/h1-8,27-30H,9-11H2. The van der Waals surface area contributed by atoms with E-state index in [9.17, 15) is 31.1 Å². The maximum absolute atomic E-state index is 13.1. The van der Waals surface area contributed by atoms with E-state index in [1.165, 1.54) is 48.5 Å². The van der Waals surface area contributed by atoms with Gasteiger partial charge in [-0.1, -0.05) is 48.5 Å². The minimum atomic E-state index is -4.51. The number of rotatable bonds is 7. The lowest BCUT2D eigenvalue weighted by atomic mass is 10.0. The Hall–Kier alpha value is -2.67. The molecule has 2 aliphatic heterocycles. The van der Waals surface area contributed by atoms with Gasteiger partial charge in [-0.05, 0) is 22.3 Å². The number of hydrazine groups is 2. The first kappa shape index (κ1) is 22.5. The first-order valence-electron chi connectivity index (χ1n) is 9.53. The zero-order valence-corrected chi connectivity index (χ0v) is 16.3. The fourth-order valence-corrected chi connectivity index (χ4v) is 3.32. The van der Waals surface area contributed by atoms with Gasteiger partial charge in [0, 0.05) is 6.42 Å². The monoisotopic (exact) mass is 460 g/mol. The number of alkyl halides is 6. The number of carbonyl (C=O) groups is 1. The molecule has 0 atom stereocenters. The molecule has 0 saturated carbocycles. The Morgan fingerprint density at radius 3 is 1.50 bits per heavy atom. The smallest absolute Gasteiger partial charge is 0.426 e. The molecule has 6 nitrogen and oxygen atoms in total. The van der Waals surface area contributed by atoms with Crippen molar-refractivity contribution in [2.75, 3.05) is 6.61 Å². The van der Waals surface area contributed by atoms with Crippen LogP contribution in [0.15, 0.2) is 48.5 Å². The molecular formula is C20H18F6N4O2. The number of esters is 1. The summed E-state index contributed by atoms with van der Waals surface area (Å²) in [6.07, 6.45) is -8.81. The van der Waals surface area contributed by atoms with Crippen molar-refractivity contribution in [3.05, 3.63) is 70.8 Å². The Labute approximate surface area is 178 Å². The van der Waals surface area contributed by atoms with Gasteiger partial charge in [-0.2, -0.15) is 26.3 Å². The maximum Gasteiger partial charge on any atom is 0.426 e. The van der Waals surface area contributed by atoms with Crippen LogP contribution < -0.4 is 21.7 Å². The first-order valence-corrected chi connectivity index (χ1v) is 9.53. The molecule has 0 aromatic heterocycles. The van der Waals surface area contributed by atoms with Gasteiger partial charge in [-0.15, -0.1) is 0 Å². The molecule has 2 aromatic rings. The molecule has 12 heteroatoms. The van der Waals surface area contributed by atoms with Crippen molar-refractivity contribution in [1.82, 2.24) is 21.7 Å². The van der Waals surface area contributed by atoms with Crippen molar-refractivity contribution in [2.45, 2.75) is 36.5 Å². The van der Waals surface area contributed by atoms with Crippen LogP contribution in [0.4, 0.5) is 26.3 Å². The highest BCUT2D eigenvalue weighted by atomic mass is 19.4. The summed E-state index contributed by atoms with van der Waals surface area (Å²) in [6.45, 7) is 0.0161. The summed E-state index contributed by atoms with van der Waals surface area (Å²) < 4.78 is 83.4. The molecule has 2 heterocycles. The molecule has 0 amide bonds. The summed E-state index contributed by atoms with van der Waals surface area (Å²) in [5, 5.41) is 0. The summed E-state index contributed by atoms with van der Waals surface area (Å²) in [6, 6.07) is 11.1. The average molecular weight is 460 g/mol. The number of carbonyl (C=O) groups excluding carboxylic acids is 1. The van der Waals surface area contributed by atoms with E-state index in [0.29, 0.717) is 17.5 Å². The quantitative estimate of drug-likeness (QED) is 0.287. The van der Waals surface area contributed by atoms with E-state index in [2.05, 4.69) is 21.7 Å². The summed E-state index contributed by atoms with van der Waals surface area (Å²) in [5.41, 5.74) is 5.14. The van der Waals surface area contributed by atoms with Gasteiger partial charge >= 0.3 is 18.3 Å². The van der Waals surface area contributed by atoms with Crippen LogP contribution >= 0.6 is 0 Å². The zero-order valence-electron chi connectivity index (χ0n) is 16.3. The topological polar surface area (TPSA) is 114 Å². The van der Waals surface area contributed by atoms with Crippen LogP contribution in [-0.4, -0.2) is 24.9 Å². The number of hydrogen-bond donors (Lipinski definition) is 4. The van der Waals surface area contributed by atoms with Crippen LogP contribution in [0.3, 0.4) is 0 Å². The predicted molar refractivity (Wildman–Crippen MR) is 99.3 cm³/mol. The Morgan fingerprint density at radius 1 is 0.719 bits per heavy atom. The highest BCUT2D eigenvalue weighted by Crippen LogP contribution is 2.43. The minimum absolute atomic E-state index is 0.0161. The molecule has 32 heavy (non-hydrogen) atoms. The minimum Gasteiger partial charge on any atom is -0.465 e. The van der Waals surface area contributed by atoms with Crippen LogP contribution in [0, 0.1) is 0 Å². The highest BCUT2D eigenvalue weighted by molar-refractivity contribution is 5.72. The molecule has 4 rings (SSSR count). The van der Waals surface area contributed by atoms with Crippen LogP contribution in [0.2, 0.25) is 0 Å². The summed E-state index contributed by atoms with van der Waals surface area (Å²) in [7, 11) is 0. The number of halogens is 6. The Kier molecular flexibility index (Phi) is 5.44. The van der Waals surface area contributed by atoms with E-state index >= 15 is 0 Å². The Balaban J connectivity index is 1.25. The zero-order chi connectivity index (χ0) is 23.2. The van der Waals surface area contributed by atoms with E-state index in [4.69, 9.17) is 4.74 Å². The molecule has 0 bridgehead atoms. The second-order valence-corrected chi connectivity index (χ2v) is 7.54. The molecule has 172 valence electrons. The van der Waals surface area contributed by atoms with Gasteiger partial charge in [0.05, 0.1) is 13.0 Å². The molecule has 2 aromatic carbocycles. The van der Waals surface area contributed by atoms with Crippen molar-refractivity contribution < 1.29 is 35.9 Å². The van der Waals surface area contributed by atoms with Gasteiger partial charge in [0.25, 0.3) is 0 Å². The third kappa shape index (κ3) is 4.18. The summed E-state index contributed by atoms with van der Waals surface area (Å²) in [5.74, 6) is -0.565. The van der Waals surface area contributed by atoms with Gasteiger partial charge in [0.2, 0.25) is 11.3 Å². The third-order valence-corrected chi connectivity index (χ3v) is 5.38. The average Bonchev–Trinajstić information content (AvgIpc) is 3.61. The first-order chi connectivity index (χ1) is 15.0. The van der Waals surface area contributed by atoms with Crippen LogP contribution in [-0.2, 0) is 33.7 Å². The fraction of sp³-hybridized carbons (Fsp3) is 0.350. The molecule has 2 saturated heterocycles. The number of benzene rings is 2. The third-order valence-electron chi connectivity index (χ3n) is 5.38. The van der Waals surface area contributed by atoms with Crippen LogP contribution in [0.1, 0.15) is 22.3 Å². The number of nitrogens with one attached hydrogen (secondary N) is 4. The Morgan fingerprint density at radius 2 is 1.12 bits per heavy atom. The molecule has 4 N–H and O–H groups in total. The molecular weight excluding hydrogens is 442 g/mol. The highest BCUT2D eigenvalue weighted by Gasteiger charge is 2.66. The lowest BCUT2D eigenvalue weighted by Crippen LogP contribution is -2.34. The van der Waals surface area contributed by atoms with E-state index in [1.54, 1.807) is 0 Å². The SMILES string of the molecule is O=C(Cc1ccc(C2(C(F)(F)F)NN2)cc1)OCCc1ccc(C2(C(F)(F)F)NN2)cc1. The second kappa shape index (κ2) is 7.73. The molecule has 2 fully saturated rings. The van der Waals surface area contributed by atoms with E-state index in [0.717, 1.165) is 0 Å². The van der Waals surface area contributed by atoms with Gasteiger partial charge < -0.3 is 4.74 Å². The van der Waals surface area contributed by atoms with Gasteiger partial charge in [0.1, 0.15) is 0 Å². The molecule has 2 aliphatic rings. The van der Waals surface area contributed by atoms with E-state index in [1.807, 2.05) is 0 Å². The molecule has 0 spiro atoms. The largest absolute Gasteiger partial charge is 0.465 e. The Bertz CT molecular complexity index is 981. The summed E-state index contributed by atoms with van der Waals surface area (Å²) in [4.78, 5) is 12.0. The molecule has 0 unspecified atom stereocenters. The van der Waals surface area contributed by atoms with Crippen LogP contribution in [0.25, 0.3) is 0 Å². The predicted octanol–water partition coefficient (Wildman–Crippen LogP) is 2.66. The maximum atomic E-state index is 13.1. The van der Waals surface area contributed by atoms with Crippen molar-refractivity contribution in [3.63, 3.8) is 0 Å².